The summed E-state index contributed by atoms with van der Waals surface area (Å²) in [7, 11) is 0. The first-order valence-electron chi connectivity index (χ1n) is 6.27. The van der Waals surface area contributed by atoms with E-state index in [4.69, 9.17) is 10.8 Å². The third-order valence-corrected chi connectivity index (χ3v) is 2.80. The van der Waals surface area contributed by atoms with Crippen molar-refractivity contribution in [2.75, 3.05) is 17.7 Å². The third kappa shape index (κ3) is 3.57. The predicted octanol–water partition coefficient (Wildman–Crippen LogP) is 1.85. The van der Waals surface area contributed by atoms with Gasteiger partial charge in [0.15, 0.2) is 0 Å². The maximum atomic E-state index is 8.92. The number of hydrogen-bond donors (Lipinski definition) is 3. The van der Waals surface area contributed by atoms with Crippen molar-refractivity contribution in [3.8, 4) is 0 Å². The molecule has 1 aromatic heterocycles. The summed E-state index contributed by atoms with van der Waals surface area (Å²) >= 11 is 0. The molecule has 5 heteroatoms. The van der Waals surface area contributed by atoms with Crippen LogP contribution in [0.25, 0.3) is 0 Å². The Kier molecular flexibility index (Phi) is 4.51. The van der Waals surface area contributed by atoms with E-state index >= 15 is 0 Å². The summed E-state index contributed by atoms with van der Waals surface area (Å²) in [5, 5.41) is 12.2. The average Bonchev–Trinajstić information content (AvgIpc) is 2.23. The van der Waals surface area contributed by atoms with Gasteiger partial charge in [0.05, 0.1) is 0 Å². The van der Waals surface area contributed by atoms with E-state index in [1.165, 1.54) is 0 Å². The Labute approximate surface area is 109 Å². The Morgan fingerprint density at radius 1 is 1.33 bits per heavy atom. The number of aromatic nitrogens is 2. The van der Waals surface area contributed by atoms with Gasteiger partial charge in [0.25, 0.3) is 0 Å². The van der Waals surface area contributed by atoms with Gasteiger partial charge in [-0.05, 0) is 20.3 Å². The van der Waals surface area contributed by atoms with Gasteiger partial charge in [-0.3, -0.25) is 0 Å². The molecule has 1 unspecified atom stereocenters. The second-order valence-electron chi connectivity index (χ2n) is 5.71. The lowest BCUT2D eigenvalue weighted by Crippen LogP contribution is -2.23. The molecule has 4 N–H and O–H groups in total. The van der Waals surface area contributed by atoms with E-state index in [1.807, 2.05) is 13.8 Å². The first-order chi connectivity index (χ1) is 8.25. The van der Waals surface area contributed by atoms with Gasteiger partial charge in [0.2, 0.25) is 0 Å². The van der Waals surface area contributed by atoms with Crippen molar-refractivity contribution in [3.63, 3.8) is 0 Å². The maximum absolute atomic E-state index is 8.92. The van der Waals surface area contributed by atoms with Crippen molar-refractivity contribution in [2.45, 2.75) is 52.5 Å². The van der Waals surface area contributed by atoms with Crippen molar-refractivity contribution in [3.05, 3.63) is 11.4 Å². The zero-order valence-corrected chi connectivity index (χ0v) is 11.9. The fourth-order valence-electron chi connectivity index (χ4n) is 1.51. The Morgan fingerprint density at radius 2 is 1.94 bits per heavy atom. The van der Waals surface area contributed by atoms with E-state index in [2.05, 4.69) is 36.1 Å². The second-order valence-corrected chi connectivity index (χ2v) is 5.71. The summed E-state index contributed by atoms with van der Waals surface area (Å²) in [6, 6.07) is 0.149. The van der Waals surface area contributed by atoms with Gasteiger partial charge < -0.3 is 16.2 Å². The molecule has 0 aliphatic rings. The third-order valence-electron chi connectivity index (χ3n) is 2.80. The molecule has 1 heterocycles. The molecule has 0 saturated heterocycles. The van der Waals surface area contributed by atoms with Gasteiger partial charge in [0, 0.05) is 23.6 Å². The SMILES string of the molecule is Cc1c(N)nc(C(C)(C)C)nc1NC(C)CCO. The molecule has 18 heavy (non-hydrogen) atoms. The standard InChI is InChI=1S/C13H24N4O/c1-8(6-7-18)15-11-9(2)10(14)16-12(17-11)13(3,4)5/h8,18H,6-7H2,1-5H3,(H3,14,15,16,17). The van der Waals surface area contributed by atoms with Crippen LogP contribution in [-0.2, 0) is 5.41 Å². The van der Waals surface area contributed by atoms with Crippen LogP contribution in [0.15, 0.2) is 0 Å². The van der Waals surface area contributed by atoms with Crippen LogP contribution in [-0.4, -0.2) is 27.7 Å². The molecule has 0 fully saturated rings. The molecule has 0 saturated carbocycles. The highest BCUT2D eigenvalue weighted by Gasteiger charge is 2.20. The number of aliphatic hydroxyl groups excluding tert-OH is 1. The number of nitrogens with one attached hydrogen (secondary N) is 1. The first-order valence-corrected chi connectivity index (χ1v) is 6.27. The van der Waals surface area contributed by atoms with E-state index in [0.717, 1.165) is 17.2 Å². The monoisotopic (exact) mass is 252 g/mol. The highest BCUT2D eigenvalue weighted by atomic mass is 16.3. The lowest BCUT2D eigenvalue weighted by Gasteiger charge is -2.21. The predicted molar refractivity (Wildman–Crippen MR) is 74.7 cm³/mol. The summed E-state index contributed by atoms with van der Waals surface area (Å²) in [6.07, 6.45) is 0.675. The molecule has 102 valence electrons. The normalized spacial score (nSPS) is 13.4. The zero-order chi connectivity index (χ0) is 13.9. The van der Waals surface area contributed by atoms with Crippen molar-refractivity contribution < 1.29 is 5.11 Å². The van der Waals surface area contributed by atoms with Crippen LogP contribution in [0.2, 0.25) is 0 Å². The number of nitrogen functional groups attached to an aromatic ring is 1. The van der Waals surface area contributed by atoms with Crippen molar-refractivity contribution >= 4 is 11.6 Å². The summed E-state index contributed by atoms with van der Waals surface area (Å²) in [5.74, 6) is 1.99. The Hall–Kier alpha value is -1.36. The molecule has 0 amide bonds. The molecule has 0 aliphatic heterocycles. The van der Waals surface area contributed by atoms with Gasteiger partial charge >= 0.3 is 0 Å². The number of rotatable bonds is 4. The van der Waals surface area contributed by atoms with E-state index in [1.54, 1.807) is 0 Å². The molecule has 5 nitrogen and oxygen atoms in total. The lowest BCUT2D eigenvalue weighted by molar-refractivity contribution is 0.282. The van der Waals surface area contributed by atoms with Crippen LogP contribution in [0.5, 0.6) is 0 Å². The van der Waals surface area contributed by atoms with Crippen LogP contribution >= 0.6 is 0 Å². The molecule has 0 aromatic carbocycles. The molecular weight excluding hydrogens is 228 g/mol. The molecule has 1 aromatic rings. The van der Waals surface area contributed by atoms with Crippen LogP contribution in [0.4, 0.5) is 11.6 Å². The maximum Gasteiger partial charge on any atom is 0.138 e. The molecule has 0 spiro atoms. The number of nitrogens with two attached hydrogens (primary N) is 1. The zero-order valence-electron chi connectivity index (χ0n) is 11.9. The molecular formula is C13H24N4O. The van der Waals surface area contributed by atoms with Crippen LogP contribution < -0.4 is 11.1 Å². The number of hydrogen-bond acceptors (Lipinski definition) is 5. The van der Waals surface area contributed by atoms with Gasteiger partial charge in [-0.2, -0.15) is 0 Å². The van der Waals surface area contributed by atoms with Crippen molar-refractivity contribution in [2.24, 2.45) is 0 Å². The molecule has 1 atom stereocenters. The largest absolute Gasteiger partial charge is 0.396 e. The lowest BCUT2D eigenvalue weighted by atomic mass is 9.95. The molecule has 1 rings (SSSR count). The fraction of sp³-hybridized carbons (Fsp3) is 0.692. The van der Waals surface area contributed by atoms with Crippen LogP contribution in [0.3, 0.4) is 0 Å². The van der Waals surface area contributed by atoms with Crippen LogP contribution in [0.1, 0.15) is 45.5 Å². The van der Waals surface area contributed by atoms with E-state index in [9.17, 15) is 0 Å². The topological polar surface area (TPSA) is 84.1 Å². The second kappa shape index (κ2) is 5.52. The summed E-state index contributed by atoms with van der Waals surface area (Å²) in [5.41, 5.74) is 6.64. The molecule has 0 aliphatic carbocycles. The number of anilines is 2. The van der Waals surface area contributed by atoms with Gasteiger partial charge in [-0.1, -0.05) is 20.8 Å². The summed E-state index contributed by atoms with van der Waals surface area (Å²) in [6.45, 7) is 10.2. The van der Waals surface area contributed by atoms with Gasteiger partial charge in [-0.15, -0.1) is 0 Å². The number of nitrogens with zero attached hydrogens (tertiary/aromatic N) is 2. The smallest absolute Gasteiger partial charge is 0.138 e. The molecule has 0 radical (unpaired) electrons. The van der Waals surface area contributed by atoms with Crippen molar-refractivity contribution in [1.82, 2.24) is 9.97 Å². The van der Waals surface area contributed by atoms with E-state index in [0.29, 0.717) is 12.2 Å². The average molecular weight is 252 g/mol. The minimum absolute atomic E-state index is 0.140. The minimum Gasteiger partial charge on any atom is -0.396 e. The highest BCUT2D eigenvalue weighted by Crippen LogP contribution is 2.25. The van der Waals surface area contributed by atoms with Crippen molar-refractivity contribution in [1.29, 1.82) is 0 Å². The minimum atomic E-state index is -0.140. The Bertz CT molecular complexity index is 412. The number of aliphatic hydroxyl groups is 1. The first kappa shape index (κ1) is 14.7. The summed E-state index contributed by atoms with van der Waals surface area (Å²) < 4.78 is 0. The van der Waals surface area contributed by atoms with Crippen LogP contribution in [0, 0.1) is 6.92 Å². The van der Waals surface area contributed by atoms with Gasteiger partial charge in [0.1, 0.15) is 17.5 Å². The quantitative estimate of drug-likeness (QED) is 0.761. The highest BCUT2D eigenvalue weighted by molar-refractivity contribution is 5.55. The fourth-order valence-corrected chi connectivity index (χ4v) is 1.51. The molecule has 0 bridgehead atoms. The van der Waals surface area contributed by atoms with E-state index < -0.39 is 0 Å². The van der Waals surface area contributed by atoms with Gasteiger partial charge in [-0.25, -0.2) is 9.97 Å². The Morgan fingerprint density at radius 3 is 2.44 bits per heavy atom. The summed E-state index contributed by atoms with van der Waals surface area (Å²) in [4.78, 5) is 8.88. The van der Waals surface area contributed by atoms with E-state index in [-0.39, 0.29) is 18.1 Å². The Balaban J connectivity index is 3.07.